The molecule has 3 rings (SSSR count). The van der Waals surface area contributed by atoms with E-state index in [1.165, 1.54) is 11.1 Å². The van der Waals surface area contributed by atoms with E-state index in [-0.39, 0.29) is 5.92 Å². The van der Waals surface area contributed by atoms with Crippen LogP contribution in [0.4, 0.5) is 5.82 Å². The highest BCUT2D eigenvalue weighted by molar-refractivity contribution is 9.10. The monoisotopic (exact) mass is 469 g/mol. The van der Waals surface area contributed by atoms with Gasteiger partial charge in [-0.05, 0) is 35.7 Å². The van der Waals surface area contributed by atoms with Crippen LogP contribution in [0.5, 0.6) is 0 Å². The SMILES string of the molecule is CC(CNC(=N)NCCCNc1ncccc1Cc1ccc(Br)cc1)c1c[nH]cn1. The average Bonchev–Trinajstić information content (AvgIpc) is 3.29. The number of imidazole rings is 1. The minimum Gasteiger partial charge on any atom is -0.370 e. The van der Waals surface area contributed by atoms with Gasteiger partial charge in [0.05, 0.1) is 12.0 Å². The number of anilines is 1. The fraction of sp³-hybridized carbons (Fsp3) is 0.318. The number of nitrogens with one attached hydrogen (secondary N) is 5. The second-order valence-corrected chi connectivity index (χ2v) is 8.09. The summed E-state index contributed by atoms with van der Waals surface area (Å²) in [5.41, 5.74) is 3.42. The van der Waals surface area contributed by atoms with Crippen LogP contribution in [0.3, 0.4) is 0 Å². The first-order chi connectivity index (χ1) is 14.6. The van der Waals surface area contributed by atoms with Crippen molar-refractivity contribution in [3.8, 4) is 0 Å². The molecule has 2 aromatic heterocycles. The summed E-state index contributed by atoms with van der Waals surface area (Å²) >= 11 is 3.48. The van der Waals surface area contributed by atoms with Crippen molar-refractivity contribution in [2.24, 2.45) is 0 Å². The van der Waals surface area contributed by atoms with Gasteiger partial charge in [-0.3, -0.25) is 5.41 Å². The standard InChI is InChI=1S/C22H28BrN7/c1-16(20-14-25-15-30-20)13-29-22(24)28-11-3-10-27-21-18(4-2-9-26-21)12-17-5-7-19(23)8-6-17/h2,4-9,14-16H,3,10-13H2,1H3,(H,25,30)(H,26,27)(H3,24,28,29). The minimum absolute atomic E-state index is 0.244. The molecule has 0 aliphatic rings. The van der Waals surface area contributed by atoms with E-state index in [4.69, 9.17) is 5.41 Å². The molecular formula is C22H28BrN7. The molecule has 1 aromatic carbocycles. The summed E-state index contributed by atoms with van der Waals surface area (Å²) in [5, 5.41) is 17.6. The Balaban J connectivity index is 1.36. The van der Waals surface area contributed by atoms with Crippen molar-refractivity contribution in [2.45, 2.75) is 25.7 Å². The predicted octanol–water partition coefficient (Wildman–Crippen LogP) is 3.88. The first-order valence-electron chi connectivity index (χ1n) is 10.1. The number of halogens is 1. The van der Waals surface area contributed by atoms with Crippen LogP contribution in [0.15, 0.2) is 59.6 Å². The zero-order chi connectivity index (χ0) is 21.2. The van der Waals surface area contributed by atoms with Crippen LogP contribution >= 0.6 is 15.9 Å². The summed E-state index contributed by atoms with van der Waals surface area (Å²) in [4.78, 5) is 11.7. The Bertz CT molecular complexity index is 910. The summed E-state index contributed by atoms with van der Waals surface area (Å²) < 4.78 is 1.08. The van der Waals surface area contributed by atoms with Crippen molar-refractivity contribution in [3.63, 3.8) is 0 Å². The highest BCUT2D eigenvalue weighted by Gasteiger charge is 2.08. The molecule has 0 fully saturated rings. The van der Waals surface area contributed by atoms with Crippen molar-refractivity contribution >= 4 is 27.7 Å². The fourth-order valence-corrected chi connectivity index (χ4v) is 3.30. The molecule has 1 unspecified atom stereocenters. The van der Waals surface area contributed by atoms with E-state index in [1.54, 1.807) is 6.33 Å². The fourth-order valence-electron chi connectivity index (χ4n) is 3.03. The highest BCUT2D eigenvalue weighted by atomic mass is 79.9. The van der Waals surface area contributed by atoms with E-state index in [9.17, 15) is 0 Å². The smallest absolute Gasteiger partial charge is 0.188 e. The van der Waals surface area contributed by atoms with E-state index in [2.05, 4.69) is 84.1 Å². The van der Waals surface area contributed by atoms with Crippen LogP contribution in [0.25, 0.3) is 0 Å². The minimum atomic E-state index is 0.244. The van der Waals surface area contributed by atoms with Crippen LogP contribution in [-0.4, -0.2) is 40.5 Å². The largest absolute Gasteiger partial charge is 0.370 e. The molecule has 30 heavy (non-hydrogen) atoms. The summed E-state index contributed by atoms with van der Waals surface area (Å²) in [6, 6.07) is 12.4. The number of benzene rings is 1. The molecule has 0 saturated heterocycles. The van der Waals surface area contributed by atoms with Crippen LogP contribution in [0, 0.1) is 5.41 Å². The lowest BCUT2D eigenvalue weighted by Gasteiger charge is -2.14. The zero-order valence-corrected chi connectivity index (χ0v) is 18.7. The second kappa shape index (κ2) is 11.3. The maximum atomic E-state index is 7.99. The van der Waals surface area contributed by atoms with Gasteiger partial charge in [0.1, 0.15) is 5.82 Å². The number of H-pyrrole nitrogens is 1. The molecule has 0 bridgehead atoms. The Labute approximate surface area is 185 Å². The normalized spacial score (nSPS) is 11.7. The molecule has 5 N–H and O–H groups in total. The van der Waals surface area contributed by atoms with E-state index in [0.717, 1.165) is 35.4 Å². The lowest BCUT2D eigenvalue weighted by molar-refractivity contribution is 0.678. The zero-order valence-electron chi connectivity index (χ0n) is 17.1. The summed E-state index contributed by atoms with van der Waals surface area (Å²) in [6.07, 6.45) is 7.09. The molecular weight excluding hydrogens is 442 g/mol. The Morgan fingerprint density at radius 3 is 2.73 bits per heavy atom. The highest BCUT2D eigenvalue weighted by Crippen LogP contribution is 2.18. The number of guanidine groups is 1. The third kappa shape index (κ3) is 6.88. The molecule has 7 nitrogen and oxygen atoms in total. The lowest BCUT2D eigenvalue weighted by Crippen LogP contribution is -2.39. The first-order valence-corrected chi connectivity index (χ1v) is 10.9. The van der Waals surface area contributed by atoms with Gasteiger partial charge in [-0.1, -0.05) is 41.1 Å². The van der Waals surface area contributed by atoms with Gasteiger partial charge in [-0.2, -0.15) is 0 Å². The average molecular weight is 470 g/mol. The molecule has 0 aliphatic carbocycles. The van der Waals surface area contributed by atoms with E-state index < -0.39 is 0 Å². The summed E-state index contributed by atoms with van der Waals surface area (Å²) in [5.74, 6) is 1.50. The van der Waals surface area contributed by atoms with Crippen molar-refractivity contribution in [1.29, 1.82) is 5.41 Å². The van der Waals surface area contributed by atoms with Gasteiger partial charge in [0.15, 0.2) is 5.96 Å². The maximum absolute atomic E-state index is 7.99. The number of pyridine rings is 1. The van der Waals surface area contributed by atoms with E-state index >= 15 is 0 Å². The Morgan fingerprint density at radius 2 is 1.97 bits per heavy atom. The van der Waals surface area contributed by atoms with Gasteiger partial charge < -0.3 is 20.9 Å². The molecule has 0 saturated carbocycles. The van der Waals surface area contributed by atoms with Crippen molar-refractivity contribution in [3.05, 3.63) is 76.4 Å². The molecule has 3 aromatic rings. The van der Waals surface area contributed by atoms with Gasteiger partial charge in [-0.15, -0.1) is 0 Å². The molecule has 0 spiro atoms. The Hall–Kier alpha value is -2.87. The van der Waals surface area contributed by atoms with Crippen LogP contribution in [-0.2, 0) is 6.42 Å². The van der Waals surface area contributed by atoms with Gasteiger partial charge in [-0.25, -0.2) is 9.97 Å². The predicted molar refractivity (Wildman–Crippen MR) is 125 cm³/mol. The molecule has 2 heterocycles. The number of nitrogens with zero attached hydrogens (tertiary/aromatic N) is 2. The maximum Gasteiger partial charge on any atom is 0.188 e. The van der Waals surface area contributed by atoms with E-state index in [0.29, 0.717) is 19.0 Å². The van der Waals surface area contributed by atoms with Gasteiger partial charge in [0.25, 0.3) is 0 Å². The van der Waals surface area contributed by atoms with Gasteiger partial charge >= 0.3 is 0 Å². The van der Waals surface area contributed by atoms with Gasteiger partial charge in [0, 0.05) is 48.8 Å². The Morgan fingerprint density at radius 1 is 1.13 bits per heavy atom. The molecule has 0 aliphatic heterocycles. The molecule has 1 atom stereocenters. The molecule has 158 valence electrons. The van der Waals surface area contributed by atoms with Gasteiger partial charge in [0.2, 0.25) is 0 Å². The Kier molecular flexibility index (Phi) is 8.26. The quantitative estimate of drug-likeness (QED) is 0.176. The van der Waals surface area contributed by atoms with E-state index in [1.807, 2.05) is 18.5 Å². The van der Waals surface area contributed by atoms with Crippen LogP contribution < -0.4 is 16.0 Å². The number of aromatic nitrogens is 3. The second-order valence-electron chi connectivity index (χ2n) is 7.17. The third-order valence-corrected chi connectivity index (χ3v) is 5.28. The van der Waals surface area contributed by atoms with Crippen LogP contribution in [0.2, 0.25) is 0 Å². The molecule has 0 radical (unpaired) electrons. The first kappa shape index (κ1) is 21.8. The van der Waals surface area contributed by atoms with Crippen LogP contribution in [0.1, 0.15) is 36.1 Å². The number of rotatable bonds is 10. The van der Waals surface area contributed by atoms with Crippen molar-refractivity contribution in [1.82, 2.24) is 25.6 Å². The topological polar surface area (TPSA) is 102 Å². The van der Waals surface area contributed by atoms with Crippen molar-refractivity contribution in [2.75, 3.05) is 25.0 Å². The third-order valence-electron chi connectivity index (χ3n) is 4.76. The van der Waals surface area contributed by atoms with Crippen molar-refractivity contribution < 1.29 is 0 Å². The molecule has 0 amide bonds. The summed E-state index contributed by atoms with van der Waals surface area (Å²) in [6.45, 7) is 4.25. The number of hydrogen-bond donors (Lipinski definition) is 5. The number of aromatic amines is 1. The number of hydrogen-bond acceptors (Lipinski definition) is 4. The molecule has 8 heteroatoms. The lowest BCUT2D eigenvalue weighted by atomic mass is 10.1. The summed E-state index contributed by atoms with van der Waals surface area (Å²) in [7, 11) is 0.